The maximum absolute atomic E-state index is 12.4. The molecule has 130 valence electrons. The van der Waals surface area contributed by atoms with Crippen molar-refractivity contribution in [1.82, 2.24) is 20.0 Å². The number of aryl methyl sites for hydroxylation is 2. The number of nitrogens with zero attached hydrogens (tertiary/aromatic N) is 5. The van der Waals surface area contributed by atoms with Crippen LogP contribution in [-0.4, -0.2) is 31.5 Å². The molecule has 0 aliphatic heterocycles. The number of para-hydroxylation sites is 1. The second-order valence-electron chi connectivity index (χ2n) is 4.84. The number of ether oxygens (including phenoxy) is 1. The van der Waals surface area contributed by atoms with Crippen molar-refractivity contribution >= 4 is 5.69 Å². The van der Waals surface area contributed by atoms with Gasteiger partial charge in [0.05, 0.1) is 10.5 Å². The zero-order chi connectivity index (χ0) is 17.8. The number of rotatable bonds is 7. The number of hydrogen-bond acceptors (Lipinski definition) is 7. The molecule has 1 aromatic carbocycles. The van der Waals surface area contributed by atoms with E-state index in [1.807, 2.05) is 0 Å². The summed E-state index contributed by atoms with van der Waals surface area (Å²) in [6.07, 6.45) is 2.68. The Bertz CT molecular complexity index is 879. The lowest BCUT2D eigenvalue weighted by Crippen LogP contribution is -2.03. The molecule has 0 atom stereocenters. The summed E-state index contributed by atoms with van der Waals surface area (Å²) in [5, 5.41) is 22.1. The first-order chi connectivity index (χ1) is 12.0. The highest BCUT2D eigenvalue weighted by Crippen LogP contribution is 2.30. The van der Waals surface area contributed by atoms with Crippen LogP contribution in [0.5, 0.6) is 5.75 Å². The molecule has 2 heterocycles. The zero-order valence-corrected chi connectivity index (χ0v) is 12.6. The molecule has 3 rings (SSSR count). The average molecular weight is 351 g/mol. The molecular formula is C14H11F2N5O4. The summed E-state index contributed by atoms with van der Waals surface area (Å²) in [4.78, 5) is 10.1. The van der Waals surface area contributed by atoms with E-state index in [9.17, 15) is 18.9 Å². The van der Waals surface area contributed by atoms with Gasteiger partial charge in [0.2, 0.25) is 5.89 Å². The van der Waals surface area contributed by atoms with Crippen LogP contribution in [-0.2, 0) is 13.0 Å². The van der Waals surface area contributed by atoms with Crippen LogP contribution < -0.4 is 4.74 Å². The minimum absolute atomic E-state index is 0.0395. The minimum Gasteiger partial charge on any atom is -0.434 e. The van der Waals surface area contributed by atoms with Gasteiger partial charge >= 0.3 is 12.3 Å². The summed E-state index contributed by atoms with van der Waals surface area (Å²) in [5.74, 6) is 0.202. The molecule has 0 saturated heterocycles. The highest BCUT2D eigenvalue weighted by atomic mass is 19.3. The van der Waals surface area contributed by atoms with E-state index in [-0.39, 0.29) is 41.7 Å². The van der Waals surface area contributed by atoms with Gasteiger partial charge in [-0.1, -0.05) is 12.1 Å². The lowest BCUT2D eigenvalue weighted by Gasteiger charge is -2.07. The van der Waals surface area contributed by atoms with Gasteiger partial charge in [0.15, 0.2) is 0 Å². The van der Waals surface area contributed by atoms with Gasteiger partial charge in [-0.05, 0) is 12.1 Å². The fraction of sp³-hybridized carbons (Fsp3) is 0.214. The van der Waals surface area contributed by atoms with E-state index in [0.717, 1.165) is 6.20 Å². The molecule has 11 heteroatoms. The third kappa shape index (κ3) is 3.94. The quantitative estimate of drug-likeness (QED) is 0.475. The van der Waals surface area contributed by atoms with Crippen molar-refractivity contribution in [3.63, 3.8) is 0 Å². The van der Waals surface area contributed by atoms with Crippen molar-refractivity contribution in [3.05, 3.63) is 52.7 Å². The molecule has 2 aromatic heterocycles. The van der Waals surface area contributed by atoms with Gasteiger partial charge in [-0.15, -0.1) is 10.2 Å². The van der Waals surface area contributed by atoms with Gasteiger partial charge in [-0.25, -0.2) is 0 Å². The van der Waals surface area contributed by atoms with Crippen molar-refractivity contribution in [2.24, 2.45) is 0 Å². The maximum Gasteiger partial charge on any atom is 0.387 e. The Kier molecular flexibility index (Phi) is 4.64. The van der Waals surface area contributed by atoms with Crippen LogP contribution in [0.25, 0.3) is 11.5 Å². The molecule has 0 amide bonds. The first-order valence-electron chi connectivity index (χ1n) is 7.06. The molecule has 0 bridgehead atoms. The van der Waals surface area contributed by atoms with E-state index in [1.54, 1.807) is 12.1 Å². The van der Waals surface area contributed by atoms with Crippen molar-refractivity contribution in [2.75, 3.05) is 0 Å². The molecule has 0 aliphatic rings. The molecule has 0 saturated carbocycles. The smallest absolute Gasteiger partial charge is 0.387 e. The lowest BCUT2D eigenvalue weighted by molar-refractivity contribution is -0.385. The van der Waals surface area contributed by atoms with Gasteiger partial charge in [-0.2, -0.15) is 13.9 Å². The van der Waals surface area contributed by atoms with E-state index in [4.69, 9.17) is 4.42 Å². The van der Waals surface area contributed by atoms with Crippen molar-refractivity contribution in [2.45, 2.75) is 19.6 Å². The number of halogens is 2. The van der Waals surface area contributed by atoms with Crippen LogP contribution in [0.2, 0.25) is 0 Å². The fourth-order valence-electron chi connectivity index (χ4n) is 2.08. The number of aromatic nitrogens is 4. The van der Waals surface area contributed by atoms with Crippen LogP contribution in [0.3, 0.4) is 0 Å². The van der Waals surface area contributed by atoms with Gasteiger partial charge in [0.25, 0.3) is 5.89 Å². The predicted molar refractivity (Wildman–Crippen MR) is 79.0 cm³/mol. The van der Waals surface area contributed by atoms with E-state index in [1.165, 1.54) is 23.0 Å². The average Bonchev–Trinajstić information content (AvgIpc) is 3.22. The number of nitro groups is 1. The van der Waals surface area contributed by atoms with Gasteiger partial charge in [-0.3, -0.25) is 14.8 Å². The summed E-state index contributed by atoms with van der Waals surface area (Å²) in [5.41, 5.74) is 0.126. The summed E-state index contributed by atoms with van der Waals surface area (Å²) in [6, 6.07) is 6.06. The molecule has 0 unspecified atom stereocenters. The molecule has 9 nitrogen and oxygen atoms in total. The van der Waals surface area contributed by atoms with Gasteiger partial charge in [0, 0.05) is 13.0 Å². The van der Waals surface area contributed by atoms with E-state index >= 15 is 0 Å². The fourth-order valence-corrected chi connectivity index (χ4v) is 2.08. The second kappa shape index (κ2) is 7.03. The minimum atomic E-state index is -2.97. The Balaban J connectivity index is 1.71. The summed E-state index contributed by atoms with van der Waals surface area (Å²) >= 11 is 0. The highest BCUT2D eigenvalue weighted by molar-refractivity contribution is 5.62. The van der Waals surface area contributed by atoms with Crippen molar-refractivity contribution < 1.29 is 22.9 Å². The molecule has 3 aromatic rings. The predicted octanol–water partition coefficient (Wildman–Crippen LogP) is 2.69. The topological polar surface area (TPSA) is 109 Å². The molecule has 0 radical (unpaired) electrons. The molecular weight excluding hydrogens is 340 g/mol. The third-order valence-corrected chi connectivity index (χ3v) is 3.19. The number of hydrogen-bond donors (Lipinski definition) is 0. The normalized spacial score (nSPS) is 11.0. The number of benzene rings is 1. The molecule has 25 heavy (non-hydrogen) atoms. The Hall–Kier alpha value is -3.37. The largest absolute Gasteiger partial charge is 0.434 e. The van der Waals surface area contributed by atoms with Crippen LogP contribution >= 0.6 is 0 Å². The zero-order valence-electron chi connectivity index (χ0n) is 12.6. The summed E-state index contributed by atoms with van der Waals surface area (Å²) in [6.45, 7) is -2.69. The number of alkyl halides is 2. The van der Waals surface area contributed by atoms with Gasteiger partial charge < -0.3 is 9.15 Å². The highest BCUT2D eigenvalue weighted by Gasteiger charge is 2.16. The van der Waals surface area contributed by atoms with E-state index < -0.39 is 11.5 Å². The third-order valence-electron chi connectivity index (χ3n) is 3.19. The van der Waals surface area contributed by atoms with Crippen molar-refractivity contribution in [1.29, 1.82) is 0 Å². The lowest BCUT2D eigenvalue weighted by atomic mass is 10.2. The first-order valence-corrected chi connectivity index (χ1v) is 7.06. The SMILES string of the molecule is O=[N+]([O-])c1cnn(CCc2nnc(-c3ccccc3OC(F)F)o2)c1. The Morgan fingerprint density at radius 1 is 1.32 bits per heavy atom. The van der Waals surface area contributed by atoms with E-state index in [2.05, 4.69) is 20.0 Å². The molecule has 0 aliphatic carbocycles. The van der Waals surface area contributed by atoms with Gasteiger partial charge in [0.1, 0.15) is 18.1 Å². The second-order valence-corrected chi connectivity index (χ2v) is 4.84. The van der Waals surface area contributed by atoms with Crippen LogP contribution in [0.1, 0.15) is 5.89 Å². The first kappa shape index (κ1) is 16.5. The Morgan fingerprint density at radius 3 is 2.84 bits per heavy atom. The van der Waals surface area contributed by atoms with Crippen LogP contribution in [0.4, 0.5) is 14.5 Å². The standard InChI is InChI=1S/C14H11F2N5O4/c15-14(16)24-11-4-2-1-3-10(11)13-19-18-12(25-13)5-6-20-8-9(7-17-20)21(22)23/h1-4,7-8,14H,5-6H2. The van der Waals surface area contributed by atoms with Crippen LogP contribution in [0.15, 0.2) is 41.1 Å². The summed E-state index contributed by atoms with van der Waals surface area (Å²) < 4.78 is 36.1. The molecule has 0 spiro atoms. The monoisotopic (exact) mass is 351 g/mol. The Morgan fingerprint density at radius 2 is 2.12 bits per heavy atom. The van der Waals surface area contributed by atoms with Crippen molar-refractivity contribution in [3.8, 4) is 17.2 Å². The van der Waals surface area contributed by atoms with Crippen LogP contribution in [0, 0.1) is 10.1 Å². The molecule has 0 N–H and O–H groups in total. The summed E-state index contributed by atoms with van der Waals surface area (Å²) in [7, 11) is 0. The van der Waals surface area contributed by atoms with E-state index in [0.29, 0.717) is 0 Å². The maximum atomic E-state index is 12.4. The molecule has 0 fully saturated rings. The Labute approximate surface area is 139 Å².